The topological polar surface area (TPSA) is 64.4 Å². The number of ether oxygens (including phenoxy) is 1. The molecule has 0 spiro atoms. The summed E-state index contributed by atoms with van der Waals surface area (Å²) in [4.78, 5) is 11.3. The Bertz CT molecular complexity index is 383. The number of amides is 1. The maximum absolute atomic E-state index is 11.3. The molecule has 1 rings (SSSR count). The van der Waals surface area contributed by atoms with Crippen molar-refractivity contribution in [3.05, 3.63) is 28.7 Å². The molecular formula is C12H17BrN2O2. The Balaban J connectivity index is 2.39. The van der Waals surface area contributed by atoms with E-state index in [1.165, 1.54) is 0 Å². The van der Waals surface area contributed by atoms with E-state index < -0.39 is 6.04 Å². The highest BCUT2D eigenvalue weighted by atomic mass is 79.9. The van der Waals surface area contributed by atoms with E-state index in [1.54, 1.807) is 6.92 Å². The lowest BCUT2D eigenvalue weighted by molar-refractivity contribution is -0.122. The minimum atomic E-state index is -0.493. The highest BCUT2D eigenvalue weighted by molar-refractivity contribution is 9.10. The Labute approximate surface area is 110 Å². The lowest BCUT2D eigenvalue weighted by Gasteiger charge is -2.16. The molecule has 0 radical (unpaired) electrons. The molecule has 0 saturated heterocycles. The number of benzene rings is 1. The molecule has 0 saturated carbocycles. The largest absolute Gasteiger partial charge is 0.489 e. The van der Waals surface area contributed by atoms with Gasteiger partial charge in [0.05, 0.1) is 12.6 Å². The number of carbonyl (C=O) groups is 1. The van der Waals surface area contributed by atoms with Crippen LogP contribution >= 0.6 is 15.9 Å². The molecule has 1 amide bonds. The number of rotatable bonds is 5. The van der Waals surface area contributed by atoms with Gasteiger partial charge in [-0.2, -0.15) is 0 Å². The van der Waals surface area contributed by atoms with E-state index in [-0.39, 0.29) is 12.0 Å². The third kappa shape index (κ3) is 5.19. The SMILES string of the molecule is CC(CNC(=O)[C@@H](C)N)Oc1cccc(Br)c1. The number of nitrogens with two attached hydrogens (primary N) is 1. The average Bonchev–Trinajstić information content (AvgIpc) is 2.25. The summed E-state index contributed by atoms with van der Waals surface area (Å²) in [6.07, 6.45) is -0.105. The number of hydrogen-bond donors (Lipinski definition) is 2. The van der Waals surface area contributed by atoms with Gasteiger partial charge in [-0.3, -0.25) is 4.79 Å². The minimum absolute atomic E-state index is 0.105. The molecule has 5 heteroatoms. The van der Waals surface area contributed by atoms with Crippen molar-refractivity contribution >= 4 is 21.8 Å². The first kappa shape index (κ1) is 14.0. The zero-order valence-corrected chi connectivity index (χ0v) is 11.5. The molecule has 0 bridgehead atoms. The first-order valence-corrected chi connectivity index (χ1v) is 6.24. The number of carbonyl (C=O) groups excluding carboxylic acids is 1. The number of hydrogen-bond acceptors (Lipinski definition) is 3. The Morgan fingerprint density at radius 1 is 1.53 bits per heavy atom. The summed E-state index contributed by atoms with van der Waals surface area (Å²) in [5, 5.41) is 2.72. The van der Waals surface area contributed by atoms with Crippen LogP contribution in [0.15, 0.2) is 28.7 Å². The molecule has 2 atom stereocenters. The molecule has 0 heterocycles. The Morgan fingerprint density at radius 3 is 2.82 bits per heavy atom. The second-order valence-electron chi connectivity index (χ2n) is 3.92. The average molecular weight is 301 g/mol. The van der Waals surface area contributed by atoms with Crippen molar-refractivity contribution in [2.24, 2.45) is 5.73 Å². The van der Waals surface area contributed by atoms with Crippen LogP contribution in [0.3, 0.4) is 0 Å². The molecule has 17 heavy (non-hydrogen) atoms. The van der Waals surface area contributed by atoms with Gasteiger partial charge < -0.3 is 15.8 Å². The molecule has 4 nitrogen and oxygen atoms in total. The van der Waals surface area contributed by atoms with Gasteiger partial charge in [0.1, 0.15) is 11.9 Å². The predicted molar refractivity (Wildman–Crippen MR) is 70.9 cm³/mol. The fraction of sp³-hybridized carbons (Fsp3) is 0.417. The van der Waals surface area contributed by atoms with Crippen LogP contribution in [-0.4, -0.2) is 24.6 Å². The van der Waals surface area contributed by atoms with E-state index in [9.17, 15) is 4.79 Å². The summed E-state index contributed by atoms with van der Waals surface area (Å²) < 4.78 is 6.60. The van der Waals surface area contributed by atoms with Crippen molar-refractivity contribution in [2.45, 2.75) is 26.0 Å². The quantitative estimate of drug-likeness (QED) is 0.869. The van der Waals surface area contributed by atoms with Crippen LogP contribution in [0, 0.1) is 0 Å². The van der Waals surface area contributed by atoms with E-state index in [0.29, 0.717) is 6.54 Å². The maximum Gasteiger partial charge on any atom is 0.236 e. The monoisotopic (exact) mass is 300 g/mol. The molecule has 0 fully saturated rings. The van der Waals surface area contributed by atoms with Gasteiger partial charge in [0, 0.05) is 4.47 Å². The van der Waals surface area contributed by atoms with Crippen molar-refractivity contribution in [3.63, 3.8) is 0 Å². The van der Waals surface area contributed by atoms with E-state index in [2.05, 4.69) is 21.2 Å². The maximum atomic E-state index is 11.3. The first-order chi connectivity index (χ1) is 7.99. The summed E-state index contributed by atoms with van der Waals surface area (Å²) in [7, 11) is 0. The van der Waals surface area contributed by atoms with Crippen LogP contribution in [0.25, 0.3) is 0 Å². The molecule has 94 valence electrons. The molecule has 3 N–H and O–H groups in total. The molecule has 1 unspecified atom stereocenters. The van der Waals surface area contributed by atoms with Crippen LogP contribution < -0.4 is 15.8 Å². The zero-order valence-electron chi connectivity index (χ0n) is 9.94. The molecule has 1 aromatic carbocycles. The zero-order chi connectivity index (χ0) is 12.8. The predicted octanol–water partition coefficient (Wildman–Crippen LogP) is 1.68. The van der Waals surface area contributed by atoms with Crippen molar-refractivity contribution in [2.75, 3.05) is 6.54 Å². The second kappa shape index (κ2) is 6.61. The first-order valence-electron chi connectivity index (χ1n) is 5.44. The third-order valence-electron chi connectivity index (χ3n) is 2.11. The van der Waals surface area contributed by atoms with Gasteiger partial charge in [0.2, 0.25) is 5.91 Å². The van der Waals surface area contributed by atoms with Crippen molar-refractivity contribution in [1.29, 1.82) is 0 Å². The van der Waals surface area contributed by atoms with Crippen molar-refractivity contribution < 1.29 is 9.53 Å². The summed E-state index contributed by atoms with van der Waals surface area (Å²) >= 11 is 3.37. The summed E-state index contributed by atoms with van der Waals surface area (Å²) in [5.41, 5.74) is 5.44. The Kier molecular flexibility index (Phi) is 5.44. The van der Waals surface area contributed by atoms with Crippen molar-refractivity contribution in [1.82, 2.24) is 5.32 Å². The van der Waals surface area contributed by atoms with E-state index >= 15 is 0 Å². The van der Waals surface area contributed by atoms with E-state index in [0.717, 1.165) is 10.2 Å². The fourth-order valence-electron chi connectivity index (χ4n) is 1.22. The van der Waals surface area contributed by atoms with Gasteiger partial charge in [0.15, 0.2) is 0 Å². The highest BCUT2D eigenvalue weighted by Gasteiger charge is 2.09. The molecule has 0 aromatic heterocycles. The number of nitrogens with one attached hydrogen (secondary N) is 1. The third-order valence-corrected chi connectivity index (χ3v) is 2.60. The van der Waals surface area contributed by atoms with Crippen LogP contribution in [-0.2, 0) is 4.79 Å². The summed E-state index contributed by atoms with van der Waals surface area (Å²) in [6.45, 7) is 3.98. The van der Waals surface area contributed by atoms with Gasteiger partial charge in [-0.05, 0) is 32.0 Å². The van der Waals surface area contributed by atoms with Gasteiger partial charge in [0.25, 0.3) is 0 Å². The molecular weight excluding hydrogens is 284 g/mol. The standard InChI is InChI=1S/C12H17BrN2O2/c1-8(7-15-12(16)9(2)14)17-11-5-3-4-10(13)6-11/h3-6,8-9H,7,14H2,1-2H3,(H,15,16)/t8?,9-/m1/s1. The Hall–Kier alpha value is -1.07. The molecule has 0 aliphatic carbocycles. The normalized spacial score (nSPS) is 13.9. The van der Waals surface area contributed by atoms with Crippen LogP contribution in [0.4, 0.5) is 0 Å². The van der Waals surface area contributed by atoms with Gasteiger partial charge in [-0.15, -0.1) is 0 Å². The van der Waals surface area contributed by atoms with E-state index in [4.69, 9.17) is 10.5 Å². The van der Waals surface area contributed by atoms with Gasteiger partial charge in [-0.1, -0.05) is 22.0 Å². The van der Waals surface area contributed by atoms with Crippen LogP contribution in [0.5, 0.6) is 5.75 Å². The lowest BCUT2D eigenvalue weighted by atomic mass is 10.3. The fourth-order valence-corrected chi connectivity index (χ4v) is 1.60. The van der Waals surface area contributed by atoms with Crippen LogP contribution in [0.1, 0.15) is 13.8 Å². The lowest BCUT2D eigenvalue weighted by Crippen LogP contribution is -2.42. The van der Waals surface area contributed by atoms with Gasteiger partial charge in [-0.25, -0.2) is 0 Å². The second-order valence-corrected chi connectivity index (χ2v) is 4.84. The summed E-state index contributed by atoms with van der Waals surface area (Å²) in [6, 6.07) is 7.08. The Morgan fingerprint density at radius 2 is 2.24 bits per heavy atom. The van der Waals surface area contributed by atoms with Crippen LogP contribution in [0.2, 0.25) is 0 Å². The van der Waals surface area contributed by atoms with E-state index in [1.807, 2.05) is 31.2 Å². The minimum Gasteiger partial charge on any atom is -0.489 e. The van der Waals surface area contributed by atoms with Gasteiger partial charge >= 0.3 is 0 Å². The molecule has 1 aromatic rings. The highest BCUT2D eigenvalue weighted by Crippen LogP contribution is 2.18. The molecule has 0 aliphatic heterocycles. The van der Waals surface area contributed by atoms with Crippen molar-refractivity contribution in [3.8, 4) is 5.75 Å². The molecule has 0 aliphatic rings. The number of halogens is 1. The summed E-state index contributed by atoms with van der Waals surface area (Å²) in [5.74, 6) is 0.594. The smallest absolute Gasteiger partial charge is 0.236 e.